The van der Waals surface area contributed by atoms with Gasteiger partial charge in [0.2, 0.25) is 23.6 Å². The first-order valence-electron chi connectivity index (χ1n) is 9.37. The molecule has 32 heavy (non-hydrogen) atoms. The molecule has 0 aromatic heterocycles. The van der Waals surface area contributed by atoms with E-state index in [2.05, 4.69) is 15.6 Å². The molecule has 0 aromatic carbocycles. The van der Waals surface area contributed by atoms with E-state index in [0.29, 0.717) is 0 Å². The minimum absolute atomic E-state index is 0.0699. The summed E-state index contributed by atoms with van der Waals surface area (Å²) in [7, 11) is 0. The number of rotatable bonds is 15. The molecule has 14 N–H and O–H groups in total. The molecule has 0 fully saturated rings. The molecule has 0 spiro atoms. The second-order valence-electron chi connectivity index (χ2n) is 6.61. The summed E-state index contributed by atoms with van der Waals surface area (Å²) in [5.74, 6) is -5.58. The quantitative estimate of drug-likeness (QED) is 0.0619. The van der Waals surface area contributed by atoms with E-state index in [4.69, 9.17) is 38.3 Å². The van der Waals surface area contributed by atoms with Gasteiger partial charge in [-0.3, -0.25) is 24.2 Å². The van der Waals surface area contributed by atoms with Crippen LogP contribution in [0.3, 0.4) is 0 Å². The molecule has 0 rings (SSSR count). The van der Waals surface area contributed by atoms with Gasteiger partial charge in [-0.05, 0) is 12.8 Å². The second kappa shape index (κ2) is 14.5. The van der Waals surface area contributed by atoms with Crippen molar-refractivity contribution in [3.63, 3.8) is 0 Å². The summed E-state index contributed by atoms with van der Waals surface area (Å²) in [4.78, 5) is 63.0. The number of aliphatic imine (C=N–C) groups is 1. The third-order valence-corrected chi connectivity index (χ3v) is 3.95. The monoisotopic (exact) mass is 462 g/mol. The molecule has 0 saturated heterocycles. The summed E-state index contributed by atoms with van der Waals surface area (Å²) in [5.41, 5.74) is 20.9. The predicted octanol–water partition coefficient (Wildman–Crippen LogP) is -6.23. The number of nitrogens with two attached hydrogens (primary N) is 4. The van der Waals surface area contributed by atoms with Crippen molar-refractivity contribution in [1.82, 2.24) is 16.0 Å². The maximum atomic E-state index is 12.6. The fourth-order valence-electron chi connectivity index (χ4n) is 2.27. The van der Waals surface area contributed by atoms with Crippen molar-refractivity contribution in [2.24, 2.45) is 27.9 Å². The highest BCUT2D eigenvalue weighted by Crippen LogP contribution is 2.03. The van der Waals surface area contributed by atoms with Gasteiger partial charge >= 0.3 is 5.97 Å². The Balaban J connectivity index is 5.49. The number of carbonyl (C=O) groups excluding carboxylic acids is 4. The number of carboxylic acid groups (broad SMARTS) is 1. The zero-order chi connectivity index (χ0) is 24.8. The highest BCUT2D eigenvalue weighted by atomic mass is 16.4. The molecule has 0 aliphatic rings. The lowest BCUT2D eigenvalue weighted by atomic mass is 10.1. The zero-order valence-electron chi connectivity index (χ0n) is 17.2. The fraction of sp³-hybridized carbons (Fsp3) is 0.625. The number of hydrogen-bond acceptors (Lipinski definition) is 9. The molecule has 0 aromatic rings. The molecule has 4 amide bonds. The summed E-state index contributed by atoms with van der Waals surface area (Å²) < 4.78 is 0. The van der Waals surface area contributed by atoms with Gasteiger partial charge in [-0.2, -0.15) is 0 Å². The van der Waals surface area contributed by atoms with Gasteiger partial charge in [0.05, 0.1) is 19.6 Å². The molecule has 16 nitrogen and oxygen atoms in total. The lowest BCUT2D eigenvalue weighted by molar-refractivity contribution is -0.143. The van der Waals surface area contributed by atoms with Gasteiger partial charge in [-0.25, -0.2) is 4.79 Å². The van der Waals surface area contributed by atoms with Crippen LogP contribution in [0.1, 0.15) is 19.3 Å². The Hall–Kier alpha value is -3.50. The first kappa shape index (κ1) is 28.5. The molecule has 16 heteroatoms. The molecule has 0 aliphatic carbocycles. The molecule has 4 atom stereocenters. The number of nitrogens with zero attached hydrogens (tertiary/aromatic N) is 1. The Bertz CT molecular complexity index is 712. The summed E-state index contributed by atoms with van der Waals surface area (Å²) >= 11 is 0. The Morgan fingerprint density at radius 2 is 1.34 bits per heavy atom. The zero-order valence-corrected chi connectivity index (χ0v) is 17.2. The van der Waals surface area contributed by atoms with Crippen LogP contribution < -0.4 is 38.9 Å². The van der Waals surface area contributed by atoms with Crippen molar-refractivity contribution in [2.75, 3.05) is 19.8 Å². The average molecular weight is 462 g/mol. The fourth-order valence-corrected chi connectivity index (χ4v) is 2.27. The van der Waals surface area contributed by atoms with Crippen molar-refractivity contribution in [2.45, 2.75) is 43.4 Å². The van der Waals surface area contributed by atoms with Gasteiger partial charge in [0, 0.05) is 6.54 Å². The van der Waals surface area contributed by atoms with E-state index >= 15 is 0 Å². The lowest BCUT2D eigenvalue weighted by Gasteiger charge is -2.24. The van der Waals surface area contributed by atoms with Crippen LogP contribution in [0.5, 0.6) is 0 Å². The third-order valence-electron chi connectivity index (χ3n) is 3.95. The van der Waals surface area contributed by atoms with Gasteiger partial charge in [0.25, 0.3) is 0 Å². The van der Waals surface area contributed by atoms with Crippen LogP contribution in [-0.2, 0) is 24.0 Å². The Morgan fingerprint density at radius 1 is 0.812 bits per heavy atom. The van der Waals surface area contributed by atoms with Crippen LogP contribution in [0.2, 0.25) is 0 Å². The molecule has 0 bridgehead atoms. The maximum Gasteiger partial charge on any atom is 0.328 e. The normalized spacial score (nSPS) is 14.2. The Kier molecular flexibility index (Phi) is 12.9. The first-order chi connectivity index (χ1) is 14.9. The standard InChI is InChI=1S/C16H30N8O8/c17-7(5-25)12(28)23-9(4-11(18)27)14(30)22-8(2-1-3-21-16(19)20)13(29)24-10(6-26)15(31)32/h7-10,25-26H,1-6,17H2,(H2,18,27)(H,22,30)(H,23,28)(H,24,29)(H,31,32)(H4,19,20,21). The third kappa shape index (κ3) is 11.0. The summed E-state index contributed by atoms with van der Waals surface area (Å²) in [6.07, 6.45) is -0.540. The van der Waals surface area contributed by atoms with Gasteiger partial charge in [-0.15, -0.1) is 0 Å². The SMILES string of the molecule is NC(=O)CC(NC(=O)C(N)CO)C(=O)NC(CCCN=C(N)N)C(=O)NC(CO)C(=O)O. The van der Waals surface area contributed by atoms with Gasteiger partial charge < -0.3 is 54.2 Å². The number of primary amides is 1. The average Bonchev–Trinajstić information content (AvgIpc) is 2.71. The van der Waals surface area contributed by atoms with Crippen molar-refractivity contribution in [3.05, 3.63) is 0 Å². The number of nitrogens with one attached hydrogen (secondary N) is 3. The topological polar surface area (TPSA) is 299 Å². The van der Waals surface area contributed by atoms with Crippen molar-refractivity contribution >= 4 is 35.6 Å². The lowest BCUT2D eigenvalue weighted by Crippen LogP contribution is -2.58. The van der Waals surface area contributed by atoms with Crippen molar-refractivity contribution in [3.8, 4) is 0 Å². The van der Waals surface area contributed by atoms with Crippen LogP contribution in [0.4, 0.5) is 0 Å². The van der Waals surface area contributed by atoms with Crippen LogP contribution in [0.25, 0.3) is 0 Å². The number of carboxylic acids is 1. The number of aliphatic hydroxyl groups is 2. The number of hydrogen-bond donors (Lipinski definition) is 10. The Labute approximate surface area is 182 Å². The van der Waals surface area contributed by atoms with E-state index in [1.54, 1.807) is 0 Å². The molecule has 0 heterocycles. The minimum Gasteiger partial charge on any atom is -0.480 e. The summed E-state index contributed by atoms with van der Waals surface area (Å²) in [5, 5.41) is 33.5. The van der Waals surface area contributed by atoms with E-state index < -0.39 is 73.4 Å². The molecule has 0 radical (unpaired) electrons. The molecular weight excluding hydrogens is 432 g/mol. The number of amides is 4. The largest absolute Gasteiger partial charge is 0.480 e. The van der Waals surface area contributed by atoms with E-state index in [1.165, 1.54) is 0 Å². The van der Waals surface area contributed by atoms with E-state index in [1.807, 2.05) is 5.32 Å². The predicted molar refractivity (Wildman–Crippen MR) is 109 cm³/mol. The number of carbonyl (C=O) groups is 5. The van der Waals surface area contributed by atoms with E-state index in [-0.39, 0.29) is 25.3 Å². The van der Waals surface area contributed by atoms with Crippen LogP contribution >= 0.6 is 0 Å². The molecule has 0 saturated carbocycles. The van der Waals surface area contributed by atoms with Crippen LogP contribution in [0.15, 0.2) is 4.99 Å². The van der Waals surface area contributed by atoms with E-state index in [9.17, 15) is 24.0 Å². The summed E-state index contributed by atoms with van der Waals surface area (Å²) in [6, 6.07) is -5.89. The molecular formula is C16H30N8O8. The Morgan fingerprint density at radius 3 is 1.81 bits per heavy atom. The van der Waals surface area contributed by atoms with Gasteiger partial charge in [0.15, 0.2) is 5.96 Å². The molecule has 4 unspecified atom stereocenters. The molecule has 0 aliphatic heterocycles. The number of aliphatic hydroxyl groups excluding tert-OH is 2. The summed E-state index contributed by atoms with van der Waals surface area (Å²) in [6.45, 7) is -1.56. The van der Waals surface area contributed by atoms with Gasteiger partial charge in [-0.1, -0.05) is 0 Å². The van der Waals surface area contributed by atoms with Crippen molar-refractivity contribution in [1.29, 1.82) is 0 Å². The van der Waals surface area contributed by atoms with E-state index in [0.717, 1.165) is 0 Å². The van der Waals surface area contributed by atoms with Crippen LogP contribution in [-0.4, -0.2) is 94.8 Å². The molecule has 182 valence electrons. The first-order valence-corrected chi connectivity index (χ1v) is 9.37. The van der Waals surface area contributed by atoms with Crippen LogP contribution in [0, 0.1) is 0 Å². The highest BCUT2D eigenvalue weighted by Gasteiger charge is 2.30. The highest BCUT2D eigenvalue weighted by molar-refractivity contribution is 5.96. The van der Waals surface area contributed by atoms with Crippen molar-refractivity contribution < 1.29 is 39.3 Å². The smallest absolute Gasteiger partial charge is 0.328 e. The number of aliphatic carboxylic acids is 1. The number of guanidine groups is 1. The second-order valence-corrected chi connectivity index (χ2v) is 6.61. The van der Waals surface area contributed by atoms with Gasteiger partial charge in [0.1, 0.15) is 24.2 Å². The minimum atomic E-state index is -1.64. The maximum absolute atomic E-state index is 12.6.